The van der Waals surface area contributed by atoms with Crippen molar-refractivity contribution in [1.82, 2.24) is 4.90 Å². The summed E-state index contributed by atoms with van der Waals surface area (Å²) in [4.78, 5) is 14.0. The van der Waals surface area contributed by atoms with Crippen molar-refractivity contribution in [2.45, 2.75) is 6.42 Å². The number of hydrogen-bond donors (Lipinski definition) is 0. The molecule has 1 heterocycles. The summed E-state index contributed by atoms with van der Waals surface area (Å²) in [6.07, 6.45) is 2.26. The first-order valence-electron chi connectivity index (χ1n) is 7.88. The summed E-state index contributed by atoms with van der Waals surface area (Å²) < 4.78 is 20.7. The van der Waals surface area contributed by atoms with E-state index in [-0.39, 0.29) is 5.56 Å². The van der Waals surface area contributed by atoms with Gasteiger partial charge in [-0.2, -0.15) is 5.26 Å². The number of nitriles is 1. The van der Waals surface area contributed by atoms with Gasteiger partial charge in [0.05, 0.1) is 40.6 Å². The van der Waals surface area contributed by atoms with Crippen molar-refractivity contribution in [3.63, 3.8) is 0 Å². The molecule has 0 spiro atoms. The van der Waals surface area contributed by atoms with Crippen LogP contribution in [0.1, 0.15) is 15.9 Å². The van der Waals surface area contributed by atoms with Gasteiger partial charge in [-0.1, -0.05) is 0 Å². The molecule has 134 valence electrons. The van der Waals surface area contributed by atoms with Crippen molar-refractivity contribution < 1.29 is 23.7 Å². The van der Waals surface area contributed by atoms with E-state index < -0.39 is 5.97 Å². The molecule has 0 saturated carbocycles. The Morgan fingerprint density at radius 2 is 1.84 bits per heavy atom. The molecule has 7 heteroatoms. The van der Waals surface area contributed by atoms with E-state index in [1.165, 1.54) is 21.3 Å². The Kier molecular flexibility index (Phi) is 6.66. The Morgan fingerprint density at radius 3 is 2.32 bits per heavy atom. The summed E-state index contributed by atoms with van der Waals surface area (Å²) in [7, 11) is 4.24. The van der Waals surface area contributed by atoms with Crippen LogP contribution in [-0.4, -0.2) is 58.5 Å². The molecule has 2 rings (SSSR count). The lowest BCUT2D eigenvalue weighted by molar-refractivity contribution is 0.0590. The normalized spacial score (nSPS) is 14.6. The third-order valence-corrected chi connectivity index (χ3v) is 3.88. The predicted molar refractivity (Wildman–Crippen MR) is 90.7 cm³/mol. The van der Waals surface area contributed by atoms with Crippen LogP contribution in [0.3, 0.4) is 0 Å². The number of esters is 1. The molecule has 1 aliphatic heterocycles. The highest BCUT2D eigenvalue weighted by Crippen LogP contribution is 2.32. The molecule has 1 aromatic rings. The number of rotatable bonds is 6. The van der Waals surface area contributed by atoms with Crippen LogP contribution in [0, 0.1) is 11.3 Å². The molecule has 1 aromatic carbocycles. The van der Waals surface area contributed by atoms with E-state index in [1.54, 1.807) is 12.1 Å². The van der Waals surface area contributed by atoms with Crippen molar-refractivity contribution in [2.75, 3.05) is 47.6 Å². The molecule has 1 fully saturated rings. The van der Waals surface area contributed by atoms with Crippen LogP contribution >= 0.6 is 0 Å². The smallest absolute Gasteiger partial charge is 0.345 e. The highest BCUT2D eigenvalue weighted by atomic mass is 16.5. The molecule has 0 N–H and O–H groups in total. The molecule has 1 aliphatic rings. The van der Waals surface area contributed by atoms with E-state index in [0.29, 0.717) is 36.7 Å². The Labute approximate surface area is 147 Å². The number of morpholine rings is 1. The molecule has 0 atom stereocenters. The standard InChI is InChI=1S/C18H22N2O5/c1-22-15-9-13(10-16(23-2)17(15)18(21)24-3)8-14(11-19)12-20-4-6-25-7-5-20/h9-10,12H,4-8H2,1-3H3/b14-12-. The van der Waals surface area contributed by atoms with Gasteiger partial charge in [-0.3, -0.25) is 0 Å². The van der Waals surface area contributed by atoms with Crippen LogP contribution in [0.2, 0.25) is 0 Å². The van der Waals surface area contributed by atoms with Gasteiger partial charge in [0.15, 0.2) is 0 Å². The molecule has 0 radical (unpaired) electrons. The maximum Gasteiger partial charge on any atom is 0.345 e. The number of allylic oxidation sites excluding steroid dienone is 1. The summed E-state index contributed by atoms with van der Waals surface area (Å²) in [5.41, 5.74) is 1.64. The Bertz CT molecular complexity index is 662. The van der Waals surface area contributed by atoms with Crippen LogP contribution in [-0.2, 0) is 15.9 Å². The molecule has 1 saturated heterocycles. The molecule has 0 aliphatic carbocycles. The van der Waals surface area contributed by atoms with E-state index in [9.17, 15) is 10.1 Å². The minimum absolute atomic E-state index is 0.229. The van der Waals surface area contributed by atoms with Gasteiger partial charge in [-0.15, -0.1) is 0 Å². The van der Waals surface area contributed by atoms with Gasteiger partial charge < -0.3 is 23.8 Å². The van der Waals surface area contributed by atoms with Gasteiger partial charge in [-0.25, -0.2) is 4.79 Å². The average molecular weight is 346 g/mol. The van der Waals surface area contributed by atoms with Crippen molar-refractivity contribution >= 4 is 5.97 Å². The molecule has 0 amide bonds. The highest BCUT2D eigenvalue weighted by Gasteiger charge is 2.21. The number of benzene rings is 1. The third-order valence-electron chi connectivity index (χ3n) is 3.88. The maximum atomic E-state index is 12.0. The van der Waals surface area contributed by atoms with Crippen molar-refractivity contribution in [3.05, 3.63) is 35.0 Å². The lowest BCUT2D eigenvalue weighted by Crippen LogP contribution is -2.32. The maximum absolute atomic E-state index is 12.0. The van der Waals surface area contributed by atoms with Gasteiger partial charge in [-0.05, 0) is 17.7 Å². The largest absolute Gasteiger partial charge is 0.496 e. The quantitative estimate of drug-likeness (QED) is 0.573. The summed E-state index contributed by atoms with van der Waals surface area (Å²) in [6.45, 7) is 2.84. The topological polar surface area (TPSA) is 81.0 Å². The number of nitrogens with zero attached hydrogens (tertiary/aromatic N) is 2. The fourth-order valence-electron chi connectivity index (χ4n) is 2.63. The molecular formula is C18H22N2O5. The van der Waals surface area contributed by atoms with Gasteiger partial charge in [0.2, 0.25) is 0 Å². The van der Waals surface area contributed by atoms with Crippen LogP contribution in [0.5, 0.6) is 11.5 Å². The van der Waals surface area contributed by atoms with E-state index in [4.69, 9.17) is 18.9 Å². The first-order chi connectivity index (χ1) is 12.1. The van der Waals surface area contributed by atoms with Crippen molar-refractivity contribution in [2.24, 2.45) is 0 Å². The van der Waals surface area contributed by atoms with E-state index in [0.717, 1.165) is 18.7 Å². The second-order valence-corrected chi connectivity index (χ2v) is 5.46. The fraction of sp³-hybridized carbons (Fsp3) is 0.444. The molecule has 0 bridgehead atoms. The number of hydrogen-bond acceptors (Lipinski definition) is 7. The third kappa shape index (κ3) is 4.64. The summed E-state index contributed by atoms with van der Waals surface area (Å²) in [5.74, 6) is 0.166. The zero-order valence-corrected chi connectivity index (χ0v) is 14.7. The van der Waals surface area contributed by atoms with E-state index in [2.05, 4.69) is 11.0 Å². The Hall–Kier alpha value is -2.72. The predicted octanol–water partition coefficient (Wildman–Crippen LogP) is 1.77. The molecule has 0 aromatic heterocycles. The zero-order chi connectivity index (χ0) is 18.2. The minimum Gasteiger partial charge on any atom is -0.496 e. The summed E-state index contributed by atoms with van der Waals surface area (Å²) in [6, 6.07) is 5.67. The highest BCUT2D eigenvalue weighted by molar-refractivity contribution is 5.95. The Morgan fingerprint density at radius 1 is 1.24 bits per heavy atom. The first kappa shape index (κ1) is 18.6. The van der Waals surface area contributed by atoms with Crippen LogP contribution in [0.4, 0.5) is 0 Å². The number of carbonyl (C=O) groups is 1. The second-order valence-electron chi connectivity index (χ2n) is 5.46. The molecule has 7 nitrogen and oxygen atoms in total. The Balaban J connectivity index is 2.30. The van der Waals surface area contributed by atoms with E-state index in [1.807, 2.05) is 6.20 Å². The molecule has 0 unspecified atom stereocenters. The molecular weight excluding hydrogens is 324 g/mol. The SMILES string of the molecule is COC(=O)c1c(OC)cc(C/C(C#N)=C/N2CCOCC2)cc1OC. The molecule has 25 heavy (non-hydrogen) atoms. The summed E-state index contributed by atoms with van der Waals surface area (Å²) >= 11 is 0. The zero-order valence-electron chi connectivity index (χ0n) is 14.7. The monoisotopic (exact) mass is 346 g/mol. The number of carbonyl (C=O) groups excluding carboxylic acids is 1. The lowest BCUT2D eigenvalue weighted by Gasteiger charge is -2.25. The van der Waals surface area contributed by atoms with E-state index >= 15 is 0 Å². The second kappa shape index (κ2) is 8.94. The fourth-order valence-corrected chi connectivity index (χ4v) is 2.63. The van der Waals surface area contributed by atoms with Crippen molar-refractivity contribution in [3.8, 4) is 17.6 Å². The van der Waals surface area contributed by atoms with Gasteiger partial charge in [0.1, 0.15) is 17.1 Å². The van der Waals surface area contributed by atoms with Gasteiger partial charge in [0, 0.05) is 31.3 Å². The van der Waals surface area contributed by atoms with Gasteiger partial charge in [0.25, 0.3) is 0 Å². The summed E-state index contributed by atoms with van der Waals surface area (Å²) in [5, 5.41) is 9.44. The minimum atomic E-state index is -0.537. The number of ether oxygens (including phenoxy) is 4. The average Bonchev–Trinajstić information content (AvgIpc) is 2.66. The van der Waals surface area contributed by atoms with Crippen molar-refractivity contribution in [1.29, 1.82) is 5.26 Å². The van der Waals surface area contributed by atoms with Gasteiger partial charge >= 0.3 is 5.97 Å². The first-order valence-corrected chi connectivity index (χ1v) is 7.88. The van der Waals surface area contributed by atoms with Crippen LogP contribution < -0.4 is 9.47 Å². The number of methoxy groups -OCH3 is 3. The van der Waals surface area contributed by atoms with Crippen LogP contribution in [0.15, 0.2) is 23.9 Å². The van der Waals surface area contributed by atoms with Crippen LogP contribution in [0.25, 0.3) is 0 Å². The lowest BCUT2D eigenvalue weighted by atomic mass is 10.0.